The van der Waals surface area contributed by atoms with Gasteiger partial charge in [0, 0.05) is 62.9 Å². The maximum atomic E-state index is 2.61. The molecule has 0 atom stereocenters. The van der Waals surface area contributed by atoms with Crippen LogP contribution in [0.4, 0.5) is 0 Å². The third-order valence-corrected chi connectivity index (χ3v) is 15.4. The first-order valence-corrected chi connectivity index (χ1v) is 20.9. The fourth-order valence-corrected chi connectivity index (χ4v) is 13.6. The molecule has 0 fully saturated rings. The van der Waals surface area contributed by atoms with Crippen LogP contribution in [0.3, 0.4) is 0 Å². The first-order valence-electron chi connectivity index (χ1n) is 18.4. The monoisotopic (exact) mass is 738 g/mol. The van der Waals surface area contributed by atoms with Gasteiger partial charge in [-0.25, -0.2) is 0 Å². The first kappa shape index (κ1) is 29.8. The highest BCUT2D eigenvalue weighted by Crippen LogP contribution is 2.53. The van der Waals surface area contributed by atoms with E-state index in [1.807, 2.05) is 34.6 Å². The van der Waals surface area contributed by atoms with Crippen LogP contribution in [0.2, 0.25) is 0 Å². The van der Waals surface area contributed by atoms with Gasteiger partial charge in [-0.05, 0) is 82.3 Å². The van der Waals surface area contributed by atoms with Crippen molar-refractivity contribution < 1.29 is 0 Å². The van der Waals surface area contributed by atoms with Crippen LogP contribution in [-0.4, -0.2) is 14.4 Å². The Morgan fingerprint density at radius 1 is 0.407 bits per heavy atom. The Bertz CT molecular complexity index is 3340. The van der Waals surface area contributed by atoms with E-state index in [4.69, 9.17) is 0 Å². The van der Waals surface area contributed by atoms with E-state index in [9.17, 15) is 0 Å². The van der Waals surface area contributed by atoms with Crippen molar-refractivity contribution in [2.24, 2.45) is 0 Å². The smallest absolute Gasteiger partial charge is 0.307 e. The zero-order valence-electron chi connectivity index (χ0n) is 28.8. The Morgan fingerprint density at radius 3 is 1.61 bits per heavy atom. The van der Waals surface area contributed by atoms with Crippen molar-refractivity contribution in [3.63, 3.8) is 0 Å². The normalized spacial score (nSPS) is 13.4. The van der Waals surface area contributed by atoms with Gasteiger partial charge in [0.15, 0.2) is 0 Å². The Hall–Kier alpha value is -5.66. The van der Waals surface area contributed by atoms with Crippen LogP contribution in [0.1, 0.15) is 0 Å². The molecule has 5 heterocycles. The molecule has 2 aliphatic rings. The van der Waals surface area contributed by atoms with E-state index in [1.165, 1.54) is 113 Å². The summed E-state index contributed by atoms with van der Waals surface area (Å²) in [4.78, 5) is 2.70. The molecule has 13 rings (SSSR count). The molecule has 0 aliphatic carbocycles. The molecule has 0 unspecified atom stereocenters. The third kappa shape index (κ3) is 3.85. The van der Waals surface area contributed by atoms with Crippen molar-refractivity contribution in [3.05, 3.63) is 164 Å². The second-order valence-corrected chi connectivity index (χ2v) is 17.9. The molecule has 0 saturated carbocycles. The number of aromatic nitrogens is 2. The maximum Gasteiger partial charge on any atom is 0.318 e. The molecule has 3 aromatic heterocycles. The van der Waals surface area contributed by atoms with Crippen LogP contribution < -0.4 is 5.46 Å². The number of fused-ring (bicyclic) bond motifs is 16. The van der Waals surface area contributed by atoms with Gasteiger partial charge in [-0.15, -0.1) is 11.3 Å². The number of hydrogen-bond donors (Lipinski definition) is 0. The van der Waals surface area contributed by atoms with E-state index in [0.29, 0.717) is 5.27 Å². The van der Waals surface area contributed by atoms with Crippen molar-refractivity contribution in [2.45, 2.75) is 9.79 Å². The fraction of sp³-hybridized carbons (Fsp3) is 0. The number of benzene rings is 8. The molecular formula is C48H27BN2S3. The second kappa shape index (κ2) is 11.0. The van der Waals surface area contributed by atoms with Crippen LogP contribution in [0.15, 0.2) is 174 Å². The van der Waals surface area contributed by atoms with Gasteiger partial charge in [0.2, 0.25) is 0 Å². The number of hydrogen-bond acceptors (Lipinski definition) is 3. The highest BCUT2D eigenvalue weighted by atomic mass is 32.2. The largest absolute Gasteiger partial charge is 0.318 e. The van der Waals surface area contributed by atoms with Gasteiger partial charge in [-0.2, -0.15) is 23.2 Å². The van der Waals surface area contributed by atoms with E-state index in [0.717, 1.165) is 0 Å². The van der Waals surface area contributed by atoms with Crippen LogP contribution in [0.5, 0.6) is 0 Å². The second-order valence-electron chi connectivity index (χ2n) is 14.3. The predicted molar refractivity (Wildman–Crippen MR) is 236 cm³/mol. The summed E-state index contributed by atoms with van der Waals surface area (Å²) in [5.41, 5.74) is 14.1. The van der Waals surface area contributed by atoms with Crippen molar-refractivity contribution in [2.75, 3.05) is 0 Å². The number of nitrogens with zero attached hydrogens (tertiary/aromatic N) is 2. The third-order valence-electron chi connectivity index (χ3n) is 11.5. The molecule has 6 heteroatoms. The zero-order valence-corrected chi connectivity index (χ0v) is 31.2. The number of thiophene rings is 1. The summed E-state index contributed by atoms with van der Waals surface area (Å²) in [6.07, 6.45) is 0. The van der Waals surface area contributed by atoms with Gasteiger partial charge in [0.05, 0.1) is 22.1 Å². The van der Waals surface area contributed by atoms with Crippen LogP contribution >= 0.6 is 34.6 Å². The Kier molecular flexibility index (Phi) is 6.04. The average molecular weight is 739 g/mol. The lowest BCUT2D eigenvalue weighted by Crippen LogP contribution is -2.33. The molecule has 2 aliphatic heterocycles. The van der Waals surface area contributed by atoms with Gasteiger partial charge >= 0.3 is 5.27 Å². The summed E-state index contributed by atoms with van der Waals surface area (Å²) >= 11 is 5.93. The zero-order chi connectivity index (χ0) is 35.1. The topological polar surface area (TPSA) is 9.86 Å². The van der Waals surface area contributed by atoms with E-state index in [1.54, 1.807) is 0 Å². The van der Waals surface area contributed by atoms with Gasteiger partial charge in [-0.1, -0.05) is 109 Å². The molecular weight excluding hydrogens is 712 g/mol. The van der Waals surface area contributed by atoms with Crippen molar-refractivity contribution in [3.8, 4) is 33.6 Å². The van der Waals surface area contributed by atoms with Gasteiger partial charge < -0.3 is 9.13 Å². The molecule has 0 N–H and O–H groups in total. The Morgan fingerprint density at radius 2 is 0.926 bits per heavy atom. The summed E-state index contributed by atoms with van der Waals surface area (Å²) in [5, 5.41) is 8.19. The predicted octanol–water partition coefficient (Wildman–Crippen LogP) is 13.5. The SMILES string of the molecule is c1ccc(-n2c3ccccc3c3c4sc5ccccc5c4c4c5ccccc5n(-c5cc6c7c(c5)-c5ccccc5SB7Sc5ccccc5-6)c4c32)cc1. The molecule has 2 nitrogen and oxygen atoms in total. The lowest BCUT2D eigenvalue weighted by molar-refractivity contribution is 1.15. The van der Waals surface area contributed by atoms with Crippen LogP contribution in [-0.2, 0) is 0 Å². The van der Waals surface area contributed by atoms with Crippen molar-refractivity contribution in [1.82, 2.24) is 9.13 Å². The summed E-state index contributed by atoms with van der Waals surface area (Å²) < 4.78 is 7.81. The summed E-state index contributed by atoms with van der Waals surface area (Å²) in [6, 6.07) is 61.1. The van der Waals surface area contributed by atoms with E-state index < -0.39 is 0 Å². The molecule has 250 valence electrons. The van der Waals surface area contributed by atoms with Crippen molar-refractivity contribution >= 4 is 109 Å². The highest BCUT2D eigenvalue weighted by molar-refractivity contribution is 8.56. The molecule has 11 aromatic rings. The number of rotatable bonds is 2. The van der Waals surface area contributed by atoms with Crippen molar-refractivity contribution in [1.29, 1.82) is 0 Å². The lowest BCUT2D eigenvalue weighted by atomic mass is 9.77. The highest BCUT2D eigenvalue weighted by Gasteiger charge is 2.37. The van der Waals surface area contributed by atoms with Gasteiger partial charge in [0.1, 0.15) is 0 Å². The Labute approximate surface area is 323 Å². The first-order chi connectivity index (χ1) is 26.8. The fourth-order valence-electron chi connectivity index (χ4n) is 9.42. The molecule has 0 saturated heterocycles. The van der Waals surface area contributed by atoms with Gasteiger partial charge in [-0.3, -0.25) is 0 Å². The average Bonchev–Trinajstić information content (AvgIpc) is 3.89. The van der Waals surface area contributed by atoms with E-state index in [2.05, 4.69) is 173 Å². The maximum absolute atomic E-state index is 2.61. The molecule has 0 amide bonds. The van der Waals surface area contributed by atoms with Crippen LogP contribution in [0.25, 0.3) is 97.4 Å². The minimum Gasteiger partial charge on any atom is -0.307 e. The standard InChI is InChI=1S/C48H27BN2S3/c1-2-14-28(15-3-1)50-38-22-10-5-19-33(38)44-47(50)46-42(43-34-20-8-11-23-39(34)52-48(43)44)32-18-4-9-21-37(32)51(46)29-26-35-30-16-6-12-24-40(30)53-49-45(35)36(27-29)31-17-7-13-25-41(31)54-49/h1-27H. The molecule has 0 bridgehead atoms. The minimum atomic E-state index is 0.302. The van der Waals surface area contributed by atoms with Gasteiger partial charge in [0.25, 0.3) is 0 Å². The Balaban J connectivity index is 1.30. The molecule has 0 radical (unpaired) electrons. The summed E-state index contributed by atoms with van der Waals surface area (Å²) in [7, 11) is 0. The number of para-hydroxylation sites is 3. The quantitative estimate of drug-likeness (QED) is 0.163. The molecule has 54 heavy (non-hydrogen) atoms. The minimum absolute atomic E-state index is 0.302. The molecule has 0 spiro atoms. The molecule has 8 aromatic carbocycles. The summed E-state index contributed by atoms with van der Waals surface area (Å²) in [5.74, 6) is 0. The van der Waals surface area contributed by atoms with Crippen LogP contribution in [0, 0.1) is 0 Å². The van der Waals surface area contributed by atoms with E-state index in [-0.39, 0.29) is 0 Å². The lowest BCUT2D eigenvalue weighted by Gasteiger charge is -2.32. The summed E-state index contributed by atoms with van der Waals surface area (Å²) in [6.45, 7) is 0. The van der Waals surface area contributed by atoms with E-state index >= 15 is 0 Å².